The van der Waals surface area contributed by atoms with Crippen molar-refractivity contribution in [1.82, 2.24) is 4.98 Å². The molecule has 0 amide bonds. The van der Waals surface area contributed by atoms with Crippen LogP contribution in [0.4, 0.5) is 0 Å². The molecule has 0 aliphatic heterocycles. The molecule has 3 rings (SSSR count). The van der Waals surface area contributed by atoms with Crippen molar-refractivity contribution in [1.29, 1.82) is 0 Å². The van der Waals surface area contributed by atoms with Crippen LogP contribution in [0.3, 0.4) is 0 Å². The zero-order valence-electron chi connectivity index (χ0n) is 13.0. The Kier molecular flexibility index (Phi) is 7.02. The Morgan fingerprint density at radius 1 is 1.04 bits per heavy atom. The highest BCUT2D eigenvalue weighted by atomic mass is 35.5. The van der Waals surface area contributed by atoms with E-state index >= 15 is 0 Å². The van der Waals surface area contributed by atoms with Gasteiger partial charge in [-0.1, -0.05) is 67.1 Å². The molecule has 24 heavy (non-hydrogen) atoms. The Hall–Kier alpha value is -1.36. The van der Waals surface area contributed by atoms with Crippen molar-refractivity contribution in [3.63, 3.8) is 0 Å². The van der Waals surface area contributed by atoms with Gasteiger partial charge in [0.1, 0.15) is 10.9 Å². The van der Waals surface area contributed by atoms with Gasteiger partial charge in [-0.25, -0.2) is 4.98 Å². The van der Waals surface area contributed by atoms with Crippen LogP contribution in [0.1, 0.15) is 24.0 Å². The molecule has 0 fully saturated rings. The number of benzene rings is 2. The van der Waals surface area contributed by atoms with Gasteiger partial charge in [-0.3, -0.25) is 5.73 Å². The summed E-state index contributed by atoms with van der Waals surface area (Å²) in [6, 6.07) is 17.5. The minimum absolute atomic E-state index is 0. The van der Waals surface area contributed by atoms with Gasteiger partial charge in [0.25, 0.3) is 0 Å². The lowest BCUT2D eigenvalue weighted by Gasteiger charge is -2.30. The van der Waals surface area contributed by atoms with Crippen LogP contribution in [0.25, 0.3) is 10.8 Å². The molecule has 3 aromatic rings. The van der Waals surface area contributed by atoms with Gasteiger partial charge in [0.15, 0.2) is 0 Å². The molecule has 3 N–H and O–H groups in total. The number of rotatable bonds is 3. The molecule has 0 spiro atoms. The first-order chi connectivity index (χ1) is 10.5. The predicted molar refractivity (Wildman–Crippen MR) is 104 cm³/mol. The smallest absolute Gasteiger partial charge is 0.147 e. The minimum atomic E-state index is -1.51. The van der Waals surface area contributed by atoms with Gasteiger partial charge < -0.3 is 5.11 Å². The molecule has 1 heterocycles. The van der Waals surface area contributed by atoms with Crippen LogP contribution in [0.2, 0.25) is 5.15 Å². The first-order valence-electron chi connectivity index (χ1n) is 7.10. The maximum Gasteiger partial charge on any atom is 0.147 e. The number of aliphatic hydroxyl groups is 1. The monoisotopic (exact) mass is 384 g/mol. The molecule has 0 saturated heterocycles. The second-order valence-electron chi connectivity index (χ2n) is 5.52. The summed E-state index contributed by atoms with van der Waals surface area (Å²) in [5.74, 6) is -0.292. The molecule has 2 unspecified atom stereocenters. The fourth-order valence-corrected chi connectivity index (χ4v) is 2.71. The summed E-state index contributed by atoms with van der Waals surface area (Å²) in [7, 11) is 0. The van der Waals surface area contributed by atoms with E-state index in [4.69, 9.17) is 17.3 Å². The summed E-state index contributed by atoms with van der Waals surface area (Å²) in [4.78, 5) is 4.00. The Labute approximate surface area is 158 Å². The Balaban J connectivity index is 0.00000144. The Morgan fingerprint density at radius 2 is 1.71 bits per heavy atom. The number of hydrogen-bond donors (Lipinski definition) is 2. The molecule has 0 saturated carbocycles. The average molecular weight is 386 g/mol. The van der Waals surface area contributed by atoms with E-state index < -0.39 is 5.72 Å². The summed E-state index contributed by atoms with van der Waals surface area (Å²) in [5.41, 5.74) is 6.18. The fraction of sp³-hybridized carbons (Fsp3) is 0.167. The third kappa shape index (κ3) is 4.00. The predicted octanol–water partition coefficient (Wildman–Crippen LogP) is 4.64. The van der Waals surface area contributed by atoms with Gasteiger partial charge in [-0.15, -0.1) is 24.8 Å². The lowest BCUT2D eigenvalue weighted by Crippen LogP contribution is -2.41. The first-order valence-corrected chi connectivity index (χ1v) is 7.48. The zero-order valence-corrected chi connectivity index (χ0v) is 15.4. The van der Waals surface area contributed by atoms with Crippen molar-refractivity contribution >= 4 is 47.2 Å². The number of halogens is 3. The number of fused-ring (bicyclic) bond motifs is 1. The van der Waals surface area contributed by atoms with E-state index in [9.17, 15) is 5.11 Å². The van der Waals surface area contributed by atoms with Gasteiger partial charge in [0, 0.05) is 17.7 Å². The molecule has 128 valence electrons. The molecule has 2 aromatic carbocycles. The SMILES string of the molecule is CC(c1ccc2ccccc2c1)C(N)(O)c1ccc(Cl)nc1.Cl.Cl. The topological polar surface area (TPSA) is 59.1 Å². The highest BCUT2D eigenvalue weighted by Crippen LogP contribution is 2.33. The van der Waals surface area contributed by atoms with Gasteiger partial charge in [0.2, 0.25) is 0 Å². The standard InChI is InChI=1S/C18H17ClN2O.2ClH/c1-12(18(20,22)16-8-9-17(19)21-11-16)14-7-6-13-4-2-3-5-15(13)10-14;;/h2-12,22H,20H2,1H3;2*1H. The van der Waals surface area contributed by atoms with Crippen molar-refractivity contribution in [3.8, 4) is 0 Å². The maximum atomic E-state index is 10.8. The van der Waals surface area contributed by atoms with Gasteiger partial charge in [0.05, 0.1) is 0 Å². The fourth-order valence-electron chi connectivity index (χ4n) is 2.59. The second kappa shape index (κ2) is 8.15. The number of nitrogens with two attached hydrogens (primary N) is 1. The van der Waals surface area contributed by atoms with Crippen molar-refractivity contribution in [3.05, 3.63) is 77.1 Å². The van der Waals surface area contributed by atoms with E-state index in [1.54, 1.807) is 12.1 Å². The maximum absolute atomic E-state index is 10.8. The van der Waals surface area contributed by atoms with Crippen LogP contribution in [-0.2, 0) is 5.72 Å². The quantitative estimate of drug-likeness (QED) is 0.510. The molecule has 0 aliphatic rings. The van der Waals surface area contributed by atoms with Crippen LogP contribution in [0.5, 0.6) is 0 Å². The van der Waals surface area contributed by atoms with Crippen molar-refractivity contribution < 1.29 is 5.11 Å². The van der Waals surface area contributed by atoms with Crippen LogP contribution in [0.15, 0.2) is 60.8 Å². The van der Waals surface area contributed by atoms with Crippen molar-refractivity contribution in [2.45, 2.75) is 18.6 Å². The Bertz CT molecular complexity index is 807. The largest absolute Gasteiger partial charge is 0.371 e. The zero-order chi connectivity index (χ0) is 15.7. The van der Waals surface area contributed by atoms with Crippen molar-refractivity contribution in [2.24, 2.45) is 5.73 Å². The molecule has 2 atom stereocenters. The molecular weight excluding hydrogens is 367 g/mol. The minimum Gasteiger partial charge on any atom is -0.371 e. The van der Waals surface area contributed by atoms with E-state index in [2.05, 4.69) is 17.1 Å². The summed E-state index contributed by atoms with van der Waals surface area (Å²) < 4.78 is 0. The Morgan fingerprint density at radius 3 is 2.33 bits per heavy atom. The van der Waals surface area contributed by atoms with Crippen LogP contribution in [-0.4, -0.2) is 10.1 Å². The van der Waals surface area contributed by atoms with E-state index in [1.807, 2.05) is 37.3 Å². The second-order valence-corrected chi connectivity index (χ2v) is 5.91. The molecule has 6 heteroatoms. The number of hydrogen-bond acceptors (Lipinski definition) is 3. The molecule has 0 aliphatic carbocycles. The van der Waals surface area contributed by atoms with E-state index in [0.717, 1.165) is 16.3 Å². The van der Waals surface area contributed by atoms with Gasteiger partial charge >= 0.3 is 0 Å². The van der Waals surface area contributed by atoms with Gasteiger partial charge in [-0.2, -0.15) is 0 Å². The van der Waals surface area contributed by atoms with Gasteiger partial charge in [-0.05, 0) is 22.4 Å². The molecule has 0 bridgehead atoms. The number of pyridine rings is 1. The van der Waals surface area contributed by atoms with E-state index in [1.165, 1.54) is 6.20 Å². The highest BCUT2D eigenvalue weighted by Gasteiger charge is 2.32. The molecule has 1 aromatic heterocycles. The lowest BCUT2D eigenvalue weighted by atomic mass is 9.85. The number of aromatic nitrogens is 1. The third-order valence-corrected chi connectivity index (χ3v) is 4.35. The summed E-state index contributed by atoms with van der Waals surface area (Å²) in [5, 5.41) is 13.4. The van der Waals surface area contributed by atoms with E-state index in [-0.39, 0.29) is 30.7 Å². The average Bonchev–Trinajstić information content (AvgIpc) is 2.54. The molecule has 0 radical (unpaired) electrons. The van der Waals surface area contributed by atoms with E-state index in [0.29, 0.717) is 10.7 Å². The summed E-state index contributed by atoms with van der Waals surface area (Å²) in [6.45, 7) is 1.90. The molecular formula is C18H19Cl3N2O. The molecule has 3 nitrogen and oxygen atoms in total. The first kappa shape index (κ1) is 20.7. The number of nitrogens with zero attached hydrogens (tertiary/aromatic N) is 1. The van der Waals surface area contributed by atoms with Crippen molar-refractivity contribution in [2.75, 3.05) is 0 Å². The summed E-state index contributed by atoms with van der Waals surface area (Å²) >= 11 is 5.79. The highest BCUT2D eigenvalue weighted by molar-refractivity contribution is 6.29. The lowest BCUT2D eigenvalue weighted by molar-refractivity contribution is 0.0188. The van der Waals surface area contributed by atoms with Crippen LogP contribution < -0.4 is 5.73 Å². The summed E-state index contributed by atoms with van der Waals surface area (Å²) in [6.07, 6.45) is 1.51. The van der Waals surface area contributed by atoms with Crippen LogP contribution in [0, 0.1) is 0 Å². The normalized spacial score (nSPS) is 14.2. The third-order valence-electron chi connectivity index (χ3n) is 4.12. The van der Waals surface area contributed by atoms with Crippen LogP contribution >= 0.6 is 36.4 Å².